The lowest BCUT2D eigenvalue weighted by Gasteiger charge is -2.12. The molecule has 0 aliphatic heterocycles. The third-order valence-corrected chi connectivity index (χ3v) is 5.15. The van der Waals surface area contributed by atoms with Gasteiger partial charge in [-0.3, -0.25) is 9.78 Å². The van der Waals surface area contributed by atoms with Crippen molar-refractivity contribution < 1.29 is 22.7 Å². The molecule has 0 aliphatic rings. The van der Waals surface area contributed by atoms with Crippen molar-refractivity contribution in [3.05, 3.63) is 107 Å². The van der Waals surface area contributed by atoms with Crippen molar-refractivity contribution in [2.24, 2.45) is 5.10 Å². The maximum absolute atomic E-state index is 13.2. The molecule has 34 heavy (non-hydrogen) atoms. The Hall–Kier alpha value is -4.20. The number of para-hydroxylation sites is 1. The Morgan fingerprint density at radius 2 is 1.71 bits per heavy atom. The summed E-state index contributed by atoms with van der Waals surface area (Å²) in [5.74, 6) is 0.124. The van der Waals surface area contributed by atoms with Gasteiger partial charge in [-0.15, -0.1) is 0 Å². The van der Waals surface area contributed by atoms with Crippen LogP contribution in [0.1, 0.15) is 34.0 Å². The van der Waals surface area contributed by atoms with Gasteiger partial charge in [0.25, 0.3) is 5.91 Å². The highest BCUT2D eigenvalue weighted by Gasteiger charge is 2.33. The second-order valence-electron chi connectivity index (χ2n) is 7.50. The SMILES string of the molecule is C/C(=N/NC(=O)c1ccc(COc2cccc3cccnc23)cc1)c1ccccc1C(F)(F)F. The Morgan fingerprint density at radius 1 is 0.971 bits per heavy atom. The van der Waals surface area contributed by atoms with Gasteiger partial charge in [-0.05, 0) is 42.8 Å². The highest BCUT2D eigenvalue weighted by atomic mass is 19.4. The number of aromatic nitrogens is 1. The second-order valence-corrected chi connectivity index (χ2v) is 7.50. The summed E-state index contributed by atoms with van der Waals surface area (Å²) in [6.45, 7) is 1.69. The number of alkyl halides is 3. The van der Waals surface area contributed by atoms with Gasteiger partial charge in [0.2, 0.25) is 0 Å². The van der Waals surface area contributed by atoms with Crippen LogP contribution in [0.3, 0.4) is 0 Å². The summed E-state index contributed by atoms with van der Waals surface area (Å²) in [4.78, 5) is 16.8. The van der Waals surface area contributed by atoms with E-state index in [2.05, 4.69) is 15.5 Å². The van der Waals surface area contributed by atoms with Crippen molar-refractivity contribution >= 4 is 22.5 Å². The first-order chi connectivity index (χ1) is 16.3. The van der Waals surface area contributed by atoms with E-state index in [-0.39, 0.29) is 17.9 Å². The van der Waals surface area contributed by atoms with Gasteiger partial charge in [-0.25, -0.2) is 5.43 Å². The number of hydrogen-bond acceptors (Lipinski definition) is 4. The van der Waals surface area contributed by atoms with Gasteiger partial charge in [0.15, 0.2) is 0 Å². The van der Waals surface area contributed by atoms with Gasteiger partial charge in [-0.1, -0.05) is 48.5 Å². The van der Waals surface area contributed by atoms with Crippen molar-refractivity contribution in [2.75, 3.05) is 0 Å². The van der Waals surface area contributed by atoms with Gasteiger partial charge < -0.3 is 4.74 Å². The first kappa shape index (κ1) is 23.0. The van der Waals surface area contributed by atoms with Crippen molar-refractivity contribution in [1.82, 2.24) is 10.4 Å². The number of amides is 1. The molecule has 0 unspecified atom stereocenters. The minimum atomic E-state index is -4.52. The van der Waals surface area contributed by atoms with Crippen LogP contribution < -0.4 is 10.2 Å². The lowest BCUT2D eigenvalue weighted by molar-refractivity contribution is -0.137. The molecule has 0 spiro atoms. The maximum Gasteiger partial charge on any atom is 0.417 e. The third kappa shape index (κ3) is 5.23. The van der Waals surface area contributed by atoms with E-state index in [0.717, 1.165) is 22.5 Å². The molecule has 4 aromatic rings. The Bertz CT molecular complexity index is 1340. The summed E-state index contributed by atoms with van der Waals surface area (Å²) in [5.41, 5.74) is 3.38. The van der Waals surface area contributed by atoms with E-state index < -0.39 is 17.6 Å². The van der Waals surface area contributed by atoms with Crippen molar-refractivity contribution in [3.8, 4) is 5.75 Å². The van der Waals surface area contributed by atoms with Crippen LogP contribution >= 0.6 is 0 Å². The topological polar surface area (TPSA) is 63.6 Å². The molecule has 172 valence electrons. The number of nitrogens with one attached hydrogen (secondary N) is 1. The molecule has 1 amide bonds. The number of pyridine rings is 1. The number of rotatable bonds is 6. The fourth-order valence-corrected chi connectivity index (χ4v) is 3.41. The predicted molar refractivity (Wildman–Crippen MR) is 124 cm³/mol. The zero-order chi connectivity index (χ0) is 24.1. The summed E-state index contributed by atoms with van der Waals surface area (Å²) in [7, 11) is 0. The molecule has 0 bridgehead atoms. The quantitative estimate of drug-likeness (QED) is 0.282. The number of fused-ring (bicyclic) bond motifs is 1. The normalized spacial score (nSPS) is 11.9. The minimum Gasteiger partial charge on any atom is -0.487 e. The Morgan fingerprint density at radius 3 is 2.47 bits per heavy atom. The monoisotopic (exact) mass is 463 g/mol. The fraction of sp³-hybridized carbons (Fsp3) is 0.115. The van der Waals surface area contributed by atoms with Crippen LogP contribution in [-0.2, 0) is 12.8 Å². The first-order valence-electron chi connectivity index (χ1n) is 10.4. The summed E-state index contributed by atoms with van der Waals surface area (Å²) in [6.07, 6.45) is -2.81. The van der Waals surface area contributed by atoms with E-state index in [0.29, 0.717) is 11.3 Å². The standard InChI is InChI=1S/C26H20F3N3O2/c1-17(21-8-2-3-9-22(21)26(27,28)29)31-32-25(33)20-13-11-18(12-14-20)16-34-23-10-4-6-19-7-5-15-30-24(19)23/h2-15H,16H2,1H3,(H,32,33)/b31-17-. The number of carbonyl (C=O) groups excluding carboxylic acids is 1. The van der Waals surface area contributed by atoms with Gasteiger partial charge in [0.05, 0.1) is 11.3 Å². The third-order valence-electron chi connectivity index (χ3n) is 5.15. The molecule has 8 heteroatoms. The molecule has 1 N–H and O–H groups in total. The zero-order valence-corrected chi connectivity index (χ0v) is 18.1. The molecule has 0 atom stereocenters. The average molecular weight is 463 g/mol. The van der Waals surface area contributed by atoms with Gasteiger partial charge in [0.1, 0.15) is 17.9 Å². The molecule has 0 saturated carbocycles. The van der Waals surface area contributed by atoms with E-state index in [1.165, 1.54) is 25.1 Å². The van der Waals surface area contributed by atoms with Gasteiger partial charge in [-0.2, -0.15) is 18.3 Å². The second kappa shape index (κ2) is 9.74. The van der Waals surface area contributed by atoms with Crippen molar-refractivity contribution in [3.63, 3.8) is 0 Å². The van der Waals surface area contributed by atoms with Gasteiger partial charge >= 0.3 is 6.18 Å². The van der Waals surface area contributed by atoms with E-state index in [9.17, 15) is 18.0 Å². The summed E-state index contributed by atoms with van der Waals surface area (Å²) >= 11 is 0. The summed E-state index contributed by atoms with van der Waals surface area (Å²) in [5, 5.41) is 4.83. The molecule has 0 aliphatic carbocycles. The summed E-state index contributed by atoms with van der Waals surface area (Å²) < 4.78 is 45.5. The summed E-state index contributed by atoms with van der Waals surface area (Å²) in [6, 6.07) is 21.3. The Labute approximate surface area is 193 Å². The van der Waals surface area contributed by atoms with E-state index in [4.69, 9.17) is 4.74 Å². The van der Waals surface area contributed by atoms with E-state index in [1.54, 1.807) is 30.5 Å². The maximum atomic E-state index is 13.2. The van der Waals surface area contributed by atoms with Crippen LogP contribution in [0.5, 0.6) is 5.75 Å². The van der Waals surface area contributed by atoms with Crippen LogP contribution in [0.4, 0.5) is 13.2 Å². The number of carbonyl (C=O) groups is 1. The lowest BCUT2D eigenvalue weighted by Crippen LogP contribution is -2.20. The number of ether oxygens (including phenoxy) is 1. The highest BCUT2D eigenvalue weighted by molar-refractivity contribution is 6.02. The highest BCUT2D eigenvalue weighted by Crippen LogP contribution is 2.32. The first-order valence-corrected chi connectivity index (χ1v) is 10.4. The van der Waals surface area contributed by atoms with E-state index >= 15 is 0 Å². The lowest BCUT2D eigenvalue weighted by atomic mass is 10.0. The van der Waals surface area contributed by atoms with Crippen LogP contribution in [0.15, 0.2) is 90.2 Å². The predicted octanol–water partition coefficient (Wildman–Crippen LogP) is 5.99. The number of nitrogens with zero attached hydrogens (tertiary/aromatic N) is 2. The Balaban J connectivity index is 1.41. The molecular formula is C26H20F3N3O2. The smallest absolute Gasteiger partial charge is 0.417 e. The van der Waals surface area contributed by atoms with Gasteiger partial charge in [0, 0.05) is 22.7 Å². The molecule has 0 saturated heterocycles. The van der Waals surface area contributed by atoms with Crippen LogP contribution in [-0.4, -0.2) is 16.6 Å². The number of halogens is 3. The molecule has 0 radical (unpaired) electrons. The van der Waals surface area contributed by atoms with Crippen molar-refractivity contribution in [2.45, 2.75) is 19.7 Å². The molecular weight excluding hydrogens is 443 g/mol. The zero-order valence-electron chi connectivity index (χ0n) is 18.1. The number of hydrazone groups is 1. The molecule has 0 fully saturated rings. The number of hydrogen-bond donors (Lipinski definition) is 1. The van der Waals surface area contributed by atoms with Crippen LogP contribution in [0.2, 0.25) is 0 Å². The van der Waals surface area contributed by atoms with Crippen LogP contribution in [0.25, 0.3) is 10.9 Å². The molecule has 4 rings (SSSR count). The Kier molecular flexibility index (Phi) is 6.58. The fourth-order valence-electron chi connectivity index (χ4n) is 3.41. The largest absolute Gasteiger partial charge is 0.487 e. The van der Waals surface area contributed by atoms with E-state index in [1.807, 2.05) is 30.3 Å². The number of benzene rings is 3. The van der Waals surface area contributed by atoms with Crippen molar-refractivity contribution in [1.29, 1.82) is 0 Å². The van der Waals surface area contributed by atoms with Crippen LogP contribution in [0, 0.1) is 0 Å². The molecule has 1 aromatic heterocycles. The average Bonchev–Trinajstić information content (AvgIpc) is 2.85. The molecule has 5 nitrogen and oxygen atoms in total. The molecule has 1 heterocycles. The minimum absolute atomic E-state index is 0.0509. The molecule has 3 aromatic carbocycles.